The molecule has 1 aliphatic heterocycles. The van der Waals surface area contributed by atoms with E-state index < -0.39 is 6.03 Å². The summed E-state index contributed by atoms with van der Waals surface area (Å²) in [6.07, 6.45) is 0. The van der Waals surface area contributed by atoms with E-state index in [4.69, 9.17) is 4.74 Å². The average molecular weight is 382 g/mol. The highest BCUT2D eigenvalue weighted by molar-refractivity contribution is 5.93. The van der Waals surface area contributed by atoms with E-state index in [-0.39, 0.29) is 12.5 Å². The lowest BCUT2D eigenvalue weighted by molar-refractivity contribution is -0.130. The van der Waals surface area contributed by atoms with Crippen LogP contribution >= 0.6 is 0 Å². The van der Waals surface area contributed by atoms with Crippen molar-refractivity contribution >= 4 is 23.3 Å². The molecular weight excluding hydrogens is 356 g/mol. The average Bonchev–Trinajstić information content (AvgIpc) is 2.74. The molecule has 0 saturated carbocycles. The highest BCUT2D eigenvalue weighted by Gasteiger charge is 2.21. The predicted molar refractivity (Wildman–Crippen MR) is 110 cm³/mol. The van der Waals surface area contributed by atoms with Crippen molar-refractivity contribution in [1.82, 2.24) is 10.2 Å². The molecule has 7 nitrogen and oxygen atoms in total. The van der Waals surface area contributed by atoms with Gasteiger partial charge in [0.2, 0.25) is 5.91 Å². The van der Waals surface area contributed by atoms with E-state index in [1.807, 2.05) is 37.3 Å². The van der Waals surface area contributed by atoms with E-state index in [1.165, 1.54) is 5.69 Å². The SMILES string of the molecule is CCOc1ccccc1NC(=O)NCC(=O)N1CCN(c2ccccc2)CC1. The molecule has 3 amide bonds. The van der Waals surface area contributed by atoms with Crippen LogP contribution in [0.4, 0.5) is 16.2 Å². The molecule has 1 heterocycles. The zero-order valence-corrected chi connectivity index (χ0v) is 16.1. The zero-order chi connectivity index (χ0) is 19.8. The number of carbonyl (C=O) groups is 2. The molecule has 0 atom stereocenters. The van der Waals surface area contributed by atoms with Gasteiger partial charge in [0.1, 0.15) is 5.75 Å². The molecule has 0 bridgehead atoms. The largest absolute Gasteiger partial charge is 0.492 e. The number of ether oxygens (including phenoxy) is 1. The van der Waals surface area contributed by atoms with E-state index in [0.29, 0.717) is 31.1 Å². The molecule has 28 heavy (non-hydrogen) atoms. The van der Waals surface area contributed by atoms with Crippen molar-refractivity contribution in [3.8, 4) is 5.75 Å². The number of benzene rings is 2. The van der Waals surface area contributed by atoms with Crippen molar-refractivity contribution < 1.29 is 14.3 Å². The number of piperazine rings is 1. The number of carbonyl (C=O) groups excluding carboxylic acids is 2. The van der Waals surface area contributed by atoms with Gasteiger partial charge in [-0.2, -0.15) is 0 Å². The van der Waals surface area contributed by atoms with Crippen molar-refractivity contribution in [2.75, 3.05) is 49.5 Å². The molecule has 0 radical (unpaired) electrons. The van der Waals surface area contributed by atoms with Crippen molar-refractivity contribution in [2.45, 2.75) is 6.92 Å². The molecule has 3 rings (SSSR count). The van der Waals surface area contributed by atoms with Crippen molar-refractivity contribution in [3.05, 3.63) is 54.6 Å². The van der Waals surface area contributed by atoms with Gasteiger partial charge in [0.15, 0.2) is 0 Å². The Kier molecular flexibility index (Phi) is 6.73. The molecule has 0 spiro atoms. The quantitative estimate of drug-likeness (QED) is 0.805. The van der Waals surface area contributed by atoms with Gasteiger partial charge >= 0.3 is 6.03 Å². The number of rotatable bonds is 6. The van der Waals surface area contributed by atoms with Crippen molar-refractivity contribution in [1.29, 1.82) is 0 Å². The smallest absolute Gasteiger partial charge is 0.319 e. The summed E-state index contributed by atoms with van der Waals surface area (Å²) in [4.78, 5) is 28.6. The lowest BCUT2D eigenvalue weighted by atomic mass is 10.2. The van der Waals surface area contributed by atoms with Crippen LogP contribution in [0.3, 0.4) is 0 Å². The van der Waals surface area contributed by atoms with Gasteiger partial charge in [0.25, 0.3) is 0 Å². The molecule has 2 aromatic carbocycles. The first kappa shape index (κ1) is 19.5. The highest BCUT2D eigenvalue weighted by Crippen LogP contribution is 2.23. The minimum atomic E-state index is -0.427. The lowest BCUT2D eigenvalue weighted by Crippen LogP contribution is -2.51. The molecule has 2 N–H and O–H groups in total. The summed E-state index contributed by atoms with van der Waals surface area (Å²) in [6, 6.07) is 16.9. The third-order valence-electron chi connectivity index (χ3n) is 4.59. The first-order chi connectivity index (χ1) is 13.7. The van der Waals surface area contributed by atoms with Crippen LogP contribution in [0.25, 0.3) is 0 Å². The Morgan fingerprint density at radius 3 is 2.36 bits per heavy atom. The second kappa shape index (κ2) is 9.64. The Labute approximate surface area is 165 Å². The van der Waals surface area contributed by atoms with Gasteiger partial charge in [-0.15, -0.1) is 0 Å². The summed E-state index contributed by atoms with van der Waals surface area (Å²) in [7, 11) is 0. The maximum absolute atomic E-state index is 12.4. The zero-order valence-electron chi connectivity index (χ0n) is 16.1. The molecule has 7 heteroatoms. The maximum Gasteiger partial charge on any atom is 0.319 e. The number of para-hydroxylation sites is 3. The second-order valence-corrected chi connectivity index (χ2v) is 6.44. The van der Waals surface area contributed by atoms with Crippen LogP contribution in [0.2, 0.25) is 0 Å². The van der Waals surface area contributed by atoms with Crippen LogP contribution < -0.4 is 20.3 Å². The normalized spacial score (nSPS) is 13.8. The van der Waals surface area contributed by atoms with Crippen molar-refractivity contribution in [3.63, 3.8) is 0 Å². The Balaban J connectivity index is 1.44. The summed E-state index contributed by atoms with van der Waals surface area (Å²) in [5, 5.41) is 5.36. The number of hydrogen-bond donors (Lipinski definition) is 2. The minimum Gasteiger partial charge on any atom is -0.492 e. The van der Waals surface area contributed by atoms with Crippen molar-refractivity contribution in [2.24, 2.45) is 0 Å². The highest BCUT2D eigenvalue weighted by atomic mass is 16.5. The number of hydrogen-bond acceptors (Lipinski definition) is 4. The van der Waals surface area contributed by atoms with Gasteiger partial charge in [-0.1, -0.05) is 30.3 Å². The monoisotopic (exact) mass is 382 g/mol. The summed E-state index contributed by atoms with van der Waals surface area (Å²) in [6.45, 7) is 5.20. The fourth-order valence-electron chi connectivity index (χ4n) is 3.14. The molecule has 0 aliphatic carbocycles. The van der Waals surface area contributed by atoms with Gasteiger partial charge in [-0.25, -0.2) is 4.79 Å². The molecule has 148 valence electrons. The van der Waals surface area contributed by atoms with Crippen LogP contribution in [-0.2, 0) is 4.79 Å². The van der Waals surface area contributed by atoms with Gasteiger partial charge in [-0.3, -0.25) is 4.79 Å². The third-order valence-corrected chi connectivity index (χ3v) is 4.59. The summed E-state index contributed by atoms with van der Waals surface area (Å²) >= 11 is 0. The minimum absolute atomic E-state index is 0.0338. The van der Waals surface area contributed by atoms with Crippen LogP contribution in [0.1, 0.15) is 6.92 Å². The molecule has 1 saturated heterocycles. The number of nitrogens with one attached hydrogen (secondary N) is 2. The molecule has 1 aliphatic rings. The first-order valence-electron chi connectivity index (χ1n) is 9.52. The van der Waals surface area contributed by atoms with Crippen LogP contribution in [0.15, 0.2) is 54.6 Å². The Morgan fingerprint density at radius 1 is 0.964 bits per heavy atom. The van der Waals surface area contributed by atoms with Gasteiger partial charge in [-0.05, 0) is 31.2 Å². The number of nitrogens with zero attached hydrogens (tertiary/aromatic N) is 2. The third kappa shape index (κ3) is 5.16. The van der Waals surface area contributed by atoms with Crippen LogP contribution in [-0.4, -0.2) is 56.2 Å². The molecule has 1 fully saturated rings. The lowest BCUT2D eigenvalue weighted by Gasteiger charge is -2.36. The summed E-state index contributed by atoms with van der Waals surface area (Å²) in [5.74, 6) is 0.518. The van der Waals surface area contributed by atoms with Crippen LogP contribution in [0.5, 0.6) is 5.75 Å². The van der Waals surface area contributed by atoms with E-state index in [1.54, 1.807) is 17.0 Å². The molecular formula is C21H26N4O3. The van der Waals surface area contributed by atoms with Gasteiger partial charge in [0.05, 0.1) is 18.8 Å². The fraction of sp³-hybridized carbons (Fsp3) is 0.333. The maximum atomic E-state index is 12.4. The second-order valence-electron chi connectivity index (χ2n) is 6.44. The number of anilines is 2. The summed E-state index contributed by atoms with van der Waals surface area (Å²) < 4.78 is 5.48. The first-order valence-corrected chi connectivity index (χ1v) is 9.52. The standard InChI is InChI=1S/C21H26N4O3/c1-2-28-19-11-7-6-10-18(19)23-21(27)22-16-20(26)25-14-12-24(13-15-25)17-8-4-3-5-9-17/h3-11H,2,12-16H2,1H3,(H2,22,23,27). The van der Waals surface area contributed by atoms with E-state index in [9.17, 15) is 9.59 Å². The van der Waals surface area contributed by atoms with E-state index in [0.717, 1.165) is 13.1 Å². The van der Waals surface area contributed by atoms with Gasteiger partial charge in [0, 0.05) is 31.9 Å². The topological polar surface area (TPSA) is 73.9 Å². The Bertz CT molecular complexity index is 789. The fourth-order valence-corrected chi connectivity index (χ4v) is 3.14. The summed E-state index contributed by atoms with van der Waals surface area (Å²) in [5.41, 5.74) is 1.74. The van der Waals surface area contributed by atoms with Gasteiger partial charge < -0.3 is 25.2 Å². The number of urea groups is 1. The van der Waals surface area contributed by atoms with Crippen LogP contribution in [0, 0.1) is 0 Å². The molecule has 2 aromatic rings. The Hall–Kier alpha value is -3.22. The van der Waals surface area contributed by atoms with E-state index >= 15 is 0 Å². The predicted octanol–water partition coefficient (Wildman–Crippen LogP) is 2.56. The molecule has 0 unspecified atom stereocenters. The number of amides is 3. The Morgan fingerprint density at radius 2 is 1.64 bits per heavy atom. The van der Waals surface area contributed by atoms with E-state index in [2.05, 4.69) is 27.7 Å². The molecule has 0 aromatic heterocycles.